The number of fused-ring (bicyclic) bond motifs is 1. The molecule has 0 atom stereocenters. The number of rotatable bonds is 5. The van der Waals surface area contributed by atoms with E-state index in [0.29, 0.717) is 18.1 Å². The zero-order chi connectivity index (χ0) is 20.3. The monoisotopic (exact) mass is 395 g/mol. The van der Waals surface area contributed by atoms with Crippen LogP contribution in [0.2, 0.25) is 0 Å². The lowest BCUT2D eigenvalue weighted by atomic mass is 10.1. The Labute approximate surface area is 172 Å². The Balaban J connectivity index is 1.42. The highest BCUT2D eigenvalue weighted by atomic mass is 16.6. The number of hydrogen-bond acceptors (Lipinski definition) is 5. The lowest BCUT2D eigenvalue weighted by molar-refractivity contribution is -0.130. The molecule has 5 rings (SSSR count). The van der Waals surface area contributed by atoms with Gasteiger partial charge in [0.15, 0.2) is 11.5 Å². The van der Waals surface area contributed by atoms with Crippen molar-refractivity contribution in [2.24, 2.45) is 4.99 Å². The van der Waals surface area contributed by atoms with Crippen LogP contribution in [0.25, 0.3) is 16.8 Å². The van der Waals surface area contributed by atoms with Gasteiger partial charge >= 0.3 is 5.97 Å². The molecule has 0 spiro atoms. The summed E-state index contributed by atoms with van der Waals surface area (Å²) in [6.07, 6.45) is 3.17. The molecule has 0 fully saturated rings. The second-order valence-corrected chi connectivity index (χ2v) is 6.78. The van der Waals surface area contributed by atoms with Crippen LogP contribution in [0.4, 0.5) is 0 Å². The van der Waals surface area contributed by atoms with E-state index in [1.807, 2.05) is 42.5 Å². The highest BCUT2D eigenvalue weighted by Crippen LogP contribution is 2.27. The first-order valence-corrected chi connectivity index (χ1v) is 9.53. The van der Waals surface area contributed by atoms with E-state index in [1.54, 1.807) is 18.2 Å². The molecule has 0 amide bonds. The third-order valence-corrected chi connectivity index (χ3v) is 4.83. The third kappa shape index (κ3) is 3.49. The first kappa shape index (κ1) is 17.9. The van der Waals surface area contributed by atoms with Crippen molar-refractivity contribution in [1.29, 1.82) is 0 Å². The van der Waals surface area contributed by atoms with Gasteiger partial charge in [0.25, 0.3) is 5.90 Å². The van der Waals surface area contributed by atoms with E-state index >= 15 is 0 Å². The van der Waals surface area contributed by atoms with Gasteiger partial charge in [0.1, 0.15) is 12.4 Å². The number of para-hydroxylation sites is 1. The van der Waals surface area contributed by atoms with Gasteiger partial charge in [-0.1, -0.05) is 60.7 Å². The van der Waals surface area contributed by atoms with Crippen LogP contribution < -0.4 is 4.74 Å². The highest BCUT2D eigenvalue weighted by Gasteiger charge is 2.26. The summed E-state index contributed by atoms with van der Waals surface area (Å²) in [6.45, 7) is 0.410. The van der Waals surface area contributed by atoms with Crippen molar-refractivity contribution >= 4 is 28.7 Å². The van der Waals surface area contributed by atoms with Gasteiger partial charge in [-0.15, -0.1) is 0 Å². The van der Waals surface area contributed by atoms with E-state index in [2.05, 4.69) is 29.3 Å². The smallest absolute Gasteiger partial charge is 0.363 e. The number of benzene rings is 3. The van der Waals surface area contributed by atoms with E-state index in [1.165, 1.54) is 11.6 Å². The minimum atomic E-state index is -0.523. The standard InChI is InChI=1S/C25H17NO4/c27-25-21(26-24(30-25)23-13-6-14-28-23)15-18-8-2-4-12-22(18)29-16-19-10-5-9-17-7-1-3-11-20(17)19/h1-15H,16H2. The van der Waals surface area contributed by atoms with Gasteiger partial charge < -0.3 is 13.9 Å². The van der Waals surface area contributed by atoms with Gasteiger partial charge in [0, 0.05) is 5.56 Å². The Morgan fingerprint density at radius 2 is 1.73 bits per heavy atom. The number of cyclic esters (lactones) is 1. The number of furan rings is 1. The number of carbonyl (C=O) groups excluding carboxylic acids is 1. The number of hydrogen-bond donors (Lipinski definition) is 0. The summed E-state index contributed by atoms with van der Waals surface area (Å²) >= 11 is 0. The number of ether oxygens (including phenoxy) is 2. The molecule has 5 heteroatoms. The molecule has 1 aromatic heterocycles. The molecule has 1 aliphatic heterocycles. The van der Waals surface area contributed by atoms with Gasteiger partial charge in [0.05, 0.1) is 6.26 Å². The van der Waals surface area contributed by atoms with Crippen molar-refractivity contribution in [3.63, 3.8) is 0 Å². The molecule has 146 valence electrons. The molecule has 3 aromatic carbocycles. The van der Waals surface area contributed by atoms with Gasteiger partial charge in [-0.25, -0.2) is 9.79 Å². The first-order valence-electron chi connectivity index (χ1n) is 9.53. The second kappa shape index (κ2) is 7.72. The van der Waals surface area contributed by atoms with Crippen LogP contribution >= 0.6 is 0 Å². The summed E-state index contributed by atoms with van der Waals surface area (Å²) in [6, 6.07) is 25.3. The van der Waals surface area contributed by atoms with Crippen molar-refractivity contribution in [3.8, 4) is 5.75 Å². The van der Waals surface area contributed by atoms with Crippen LogP contribution in [0.5, 0.6) is 5.75 Å². The number of aliphatic imine (C=N–C) groups is 1. The van der Waals surface area contributed by atoms with Gasteiger partial charge in [0.2, 0.25) is 0 Å². The minimum absolute atomic E-state index is 0.158. The summed E-state index contributed by atoms with van der Waals surface area (Å²) in [4.78, 5) is 16.5. The molecule has 2 heterocycles. The van der Waals surface area contributed by atoms with Crippen molar-refractivity contribution in [2.75, 3.05) is 0 Å². The molecule has 0 N–H and O–H groups in total. The minimum Gasteiger partial charge on any atom is -0.488 e. The zero-order valence-electron chi connectivity index (χ0n) is 15.9. The molecule has 30 heavy (non-hydrogen) atoms. The van der Waals surface area contributed by atoms with Crippen molar-refractivity contribution in [1.82, 2.24) is 0 Å². The van der Waals surface area contributed by atoms with Crippen LogP contribution in [0.15, 0.2) is 100 Å². The number of esters is 1. The molecule has 0 saturated heterocycles. The molecule has 0 unspecified atom stereocenters. The van der Waals surface area contributed by atoms with E-state index in [4.69, 9.17) is 13.9 Å². The summed E-state index contributed by atoms with van der Waals surface area (Å²) < 4.78 is 16.6. The van der Waals surface area contributed by atoms with E-state index in [-0.39, 0.29) is 11.6 Å². The highest BCUT2D eigenvalue weighted by molar-refractivity contribution is 6.12. The molecule has 0 bridgehead atoms. The lowest BCUT2D eigenvalue weighted by Gasteiger charge is -2.11. The fraction of sp³-hybridized carbons (Fsp3) is 0.0400. The van der Waals surface area contributed by atoms with Crippen LogP contribution in [0, 0.1) is 0 Å². The molecule has 0 aliphatic carbocycles. The topological polar surface area (TPSA) is 61.0 Å². The normalized spacial score (nSPS) is 14.7. The molecule has 0 radical (unpaired) electrons. The van der Waals surface area contributed by atoms with Crippen molar-refractivity contribution in [2.45, 2.75) is 6.61 Å². The van der Waals surface area contributed by atoms with Gasteiger partial charge in [-0.2, -0.15) is 0 Å². The van der Waals surface area contributed by atoms with E-state index < -0.39 is 5.97 Å². The maximum absolute atomic E-state index is 12.2. The Kier molecular flexibility index (Phi) is 4.62. The Bertz CT molecular complexity index is 1280. The molecular weight excluding hydrogens is 378 g/mol. The number of nitrogens with zero attached hydrogens (tertiary/aromatic N) is 1. The Morgan fingerprint density at radius 1 is 0.900 bits per heavy atom. The fourth-order valence-corrected chi connectivity index (χ4v) is 3.37. The Hall–Kier alpha value is -4.12. The number of carbonyl (C=O) groups is 1. The van der Waals surface area contributed by atoms with Crippen LogP contribution in [0.1, 0.15) is 16.9 Å². The third-order valence-electron chi connectivity index (χ3n) is 4.83. The first-order chi connectivity index (χ1) is 14.8. The summed E-state index contributed by atoms with van der Waals surface area (Å²) in [5, 5.41) is 2.32. The van der Waals surface area contributed by atoms with Crippen molar-refractivity contribution in [3.05, 3.63) is 108 Å². The van der Waals surface area contributed by atoms with E-state index in [9.17, 15) is 4.79 Å². The maximum atomic E-state index is 12.2. The quantitative estimate of drug-likeness (QED) is 0.337. The van der Waals surface area contributed by atoms with E-state index in [0.717, 1.165) is 16.5 Å². The SMILES string of the molecule is O=C1OC(c2ccco2)=NC1=Cc1ccccc1OCc1cccc2ccccc12. The van der Waals surface area contributed by atoms with Gasteiger partial charge in [-0.05, 0) is 40.6 Å². The predicted octanol–water partition coefficient (Wildman–Crippen LogP) is 5.36. The second-order valence-electron chi connectivity index (χ2n) is 6.78. The average molecular weight is 395 g/mol. The van der Waals surface area contributed by atoms with Crippen LogP contribution in [-0.2, 0) is 16.1 Å². The summed E-state index contributed by atoms with van der Waals surface area (Å²) in [7, 11) is 0. The Morgan fingerprint density at radius 3 is 2.63 bits per heavy atom. The largest absolute Gasteiger partial charge is 0.488 e. The average Bonchev–Trinajstić information content (AvgIpc) is 3.43. The van der Waals surface area contributed by atoms with Crippen LogP contribution in [0.3, 0.4) is 0 Å². The summed E-state index contributed by atoms with van der Waals surface area (Å²) in [5.41, 5.74) is 2.03. The lowest BCUT2D eigenvalue weighted by Crippen LogP contribution is -2.04. The predicted molar refractivity (Wildman–Crippen MR) is 114 cm³/mol. The maximum Gasteiger partial charge on any atom is 0.363 e. The molecule has 0 saturated carbocycles. The molecule has 4 aromatic rings. The molecular formula is C25H17NO4. The zero-order valence-corrected chi connectivity index (χ0v) is 15.9. The fourth-order valence-electron chi connectivity index (χ4n) is 3.37. The molecule has 1 aliphatic rings. The molecule has 5 nitrogen and oxygen atoms in total. The summed E-state index contributed by atoms with van der Waals surface area (Å²) in [5.74, 6) is 0.704. The van der Waals surface area contributed by atoms with Crippen LogP contribution in [-0.4, -0.2) is 11.9 Å². The van der Waals surface area contributed by atoms with Gasteiger partial charge in [-0.3, -0.25) is 0 Å². The van der Waals surface area contributed by atoms with Crippen molar-refractivity contribution < 1.29 is 18.7 Å².